The van der Waals surface area contributed by atoms with Crippen LogP contribution < -0.4 is 0 Å². The van der Waals surface area contributed by atoms with Gasteiger partial charge in [0.2, 0.25) is 0 Å². The molecule has 0 bridgehead atoms. The van der Waals surface area contributed by atoms with Crippen LogP contribution in [0, 0.1) is 0 Å². The Morgan fingerprint density at radius 2 is 2.04 bits per heavy atom. The summed E-state index contributed by atoms with van der Waals surface area (Å²) in [7, 11) is 3.79. The van der Waals surface area contributed by atoms with E-state index in [1.165, 1.54) is 11.3 Å². The van der Waals surface area contributed by atoms with E-state index >= 15 is 0 Å². The van der Waals surface area contributed by atoms with Gasteiger partial charge in [-0.05, 0) is 36.8 Å². The van der Waals surface area contributed by atoms with Gasteiger partial charge >= 0.3 is 0 Å². The van der Waals surface area contributed by atoms with Gasteiger partial charge in [0, 0.05) is 53.9 Å². The van der Waals surface area contributed by atoms with Gasteiger partial charge < -0.3 is 5.11 Å². The van der Waals surface area contributed by atoms with Crippen LogP contribution in [0.4, 0.5) is 0 Å². The molecule has 140 valence electrons. The summed E-state index contributed by atoms with van der Waals surface area (Å²) in [4.78, 5) is 11.1. The molecule has 0 amide bonds. The van der Waals surface area contributed by atoms with Gasteiger partial charge in [-0.3, -0.25) is 9.36 Å². The number of nitrogens with zero attached hydrogens (tertiary/aromatic N) is 6. The summed E-state index contributed by atoms with van der Waals surface area (Å²) in [6.45, 7) is 1.77. The maximum atomic E-state index is 10.1. The van der Waals surface area contributed by atoms with Crippen molar-refractivity contribution in [1.29, 1.82) is 0 Å². The quantitative estimate of drug-likeness (QED) is 0.508. The fraction of sp³-hybridized carbons (Fsp3) is 0.200. The number of aryl methyl sites for hydroxylation is 2. The molecule has 1 N–H and O–H groups in total. The zero-order chi connectivity index (χ0) is 19.4. The number of aliphatic hydroxyl groups is 1. The van der Waals surface area contributed by atoms with E-state index in [-0.39, 0.29) is 0 Å². The standard InChI is InChI=1S/C20H18N6OS/c1-11(27)18-8-15-14(12-6-13-10-25(2)24-19(13)21-9-12)7-16(23-20(15)28-18)17-4-5-22-26(17)3/h4-11,27H,1-3H3/t11-/m0/s1. The van der Waals surface area contributed by atoms with Crippen molar-refractivity contribution in [3.63, 3.8) is 0 Å². The highest BCUT2D eigenvalue weighted by Crippen LogP contribution is 2.38. The van der Waals surface area contributed by atoms with Crippen LogP contribution in [-0.4, -0.2) is 34.6 Å². The lowest BCUT2D eigenvalue weighted by Gasteiger charge is -2.08. The third-order valence-corrected chi connectivity index (χ3v) is 6.00. The van der Waals surface area contributed by atoms with Crippen molar-refractivity contribution in [2.24, 2.45) is 14.1 Å². The van der Waals surface area contributed by atoms with Crippen LogP contribution in [0.2, 0.25) is 0 Å². The number of pyridine rings is 2. The average Bonchev–Trinajstić information content (AvgIpc) is 3.36. The molecule has 5 aromatic heterocycles. The highest BCUT2D eigenvalue weighted by atomic mass is 32.1. The fourth-order valence-corrected chi connectivity index (χ4v) is 4.41. The van der Waals surface area contributed by atoms with Crippen LogP contribution in [0.15, 0.2) is 42.9 Å². The minimum absolute atomic E-state index is 0.536. The van der Waals surface area contributed by atoms with Gasteiger partial charge in [0.25, 0.3) is 0 Å². The van der Waals surface area contributed by atoms with Crippen molar-refractivity contribution in [2.75, 3.05) is 0 Å². The number of thiophene rings is 1. The first-order valence-electron chi connectivity index (χ1n) is 8.90. The normalized spacial score (nSPS) is 12.9. The van der Waals surface area contributed by atoms with E-state index in [9.17, 15) is 5.11 Å². The van der Waals surface area contributed by atoms with Gasteiger partial charge in [0.15, 0.2) is 5.65 Å². The van der Waals surface area contributed by atoms with E-state index in [1.54, 1.807) is 17.8 Å². The first-order valence-corrected chi connectivity index (χ1v) is 9.72. The molecule has 0 fully saturated rings. The van der Waals surface area contributed by atoms with Crippen molar-refractivity contribution in [3.05, 3.63) is 47.7 Å². The second-order valence-electron chi connectivity index (χ2n) is 6.88. The van der Waals surface area contributed by atoms with Gasteiger partial charge in [-0.25, -0.2) is 9.97 Å². The summed E-state index contributed by atoms with van der Waals surface area (Å²) in [5.74, 6) is 0. The second kappa shape index (κ2) is 6.22. The topological polar surface area (TPSA) is 81.7 Å². The Morgan fingerprint density at radius 3 is 2.79 bits per heavy atom. The van der Waals surface area contributed by atoms with E-state index in [4.69, 9.17) is 4.98 Å². The fourth-order valence-electron chi connectivity index (χ4n) is 3.41. The summed E-state index contributed by atoms with van der Waals surface area (Å²) in [6, 6.07) is 8.13. The minimum Gasteiger partial charge on any atom is -0.388 e. The molecule has 0 saturated carbocycles. The zero-order valence-electron chi connectivity index (χ0n) is 15.7. The van der Waals surface area contributed by atoms with Crippen molar-refractivity contribution < 1.29 is 5.11 Å². The summed E-state index contributed by atoms with van der Waals surface area (Å²) < 4.78 is 3.57. The summed E-state index contributed by atoms with van der Waals surface area (Å²) in [5.41, 5.74) is 4.52. The number of rotatable bonds is 3. The summed E-state index contributed by atoms with van der Waals surface area (Å²) in [6.07, 6.45) is 5.03. The molecule has 0 saturated heterocycles. The third kappa shape index (κ3) is 2.69. The number of aliphatic hydroxyl groups excluding tert-OH is 1. The Balaban J connectivity index is 1.80. The molecule has 0 aliphatic carbocycles. The first kappa shape index (κ1) is 17.0. The zero-order valence-corrected chi connectivity index (χ0v) is 16.5. The lowest BCUT2D eigenvalue weighted by atomic mass is 10.0. The highest BCUT2D eigenvalue weighted by Gasteiger charge is 2.17. The molecule has 0 aromatic carbocycles. The molecule has 0 unspecified atom stereocenters. The maximum absolute atomic E-state index is 10.1. The van der Waals surface area contributed by atoms with Crippen LogP contribution >= 0.6 is 11.3 Å². The Kier molecular flexibility index (Phi) is 3.78. The molecule has 5 aromatic rings. The Hall–Kier alpha value is -3.10. The van der Waals surface area contributed by atoms with Crippen LogP contribution in [0.5, 0.6) is 0 Å². The van der Waals surface area contributed by atoms with Crippen LogP contribution in [-0.2, 0) is 14.1 Å². The molecule has 5 heterocycles. The van der Waals surface area contributed by atoms with E-state index in [1.807, 2.05) is 43.3 Å². The molecular weight excluding hydrogens is 372 g/mol. The maximum Gasteiger partial charge on any atom is 0.181 e. The largest absolute Gasteiger partial charge is 0.388 e. The monoisotopic (exact) mass is 390 g/mol. The molecular formula is C20H18N6OS. The SMILES string of the molecule is C[C@H](O)c1cc2c(-c3cnc4nn(C)cc4c3)cc(-c3ccnn3C)nc2s1. The predicted octanol–water partition coefficient (Wildman–Crippen LogP) is 3.70. The van der Waals surface area contributed by atoms with Gasteiger partial charge in [-0.1, -0.05) is 0 Å². The molecule has 0 aliphatic rings. The van der Waals surface area contributed by atoms with Gasteiger partial charge in [-0.15, -0.1) is 11.3 Å². The lowest BCUT2D eigenvalue weighted by Crippen LogP contribution is -1.96. The van der Waals surface area contributed by atoms with Crippen LogP contribution in [0.25, 0.3) is 43.8 Å². The van der Waals surface area contributed by atoms with Crippen molar-refractivity contribution in [2.45, 2.75) is 13.0 Å². The van der Waals surface area contributed by atoms with Gasteiger partial charge in [0.05, 0.1) is 17.5 Å². The number of aromatic nitrogens is 6. The smallest absolute Gasteiger partial charge is 0.181 e. The molecule has 28 heavy (non-hydrogen) atoms. The number of fused-ring (bicyclic) bond motifs is 2. The van der Waals surface area contributed by atoms with Crippen molar-refractivity contribution >= 4 is 32.6 Å². The Bertz CT molecular complexity index is 1330. The molecule has 0 spiro atoms. The van der Waals surface area contributed by atoms with E-state index in [0.717, 1.165) is 48.6 Å². The van der Waals surface area contributed by atoms with Crippen LogP contribution in [0.1, 0.15) is 17.9 Å². The molecule has 5 rings (SSSR count). The lowest BCUT2D eigenvalue weighted by molar-refractivity contribution is 0.203. The summed E-state index contributed by atoms with van der Waals surface area (Å²) >= 11 is 1.51. The number of hydrogen-bond donors (Lipinski definition) is 1. The van der Waals surface area contributed by atoms with E-state index in [0.29, 0.717) is 0 Å². The first-order chi connectivity index (χ1) is 13.5. The number of hydrogen-bond acceptors (Lipinski definition) is 6. The van der Waals surface area contributed by atoms with Crippen molar-refractivity contribution in [1.82, 2.24) is 29.5 Å². The minimum atomic E-state index is -0.536. The molecule has 1 atom stereocenters. The molecule has 0 radical (unpaired) electrons. The molecule has 0 aliphatic heterocycles. The van der Waals surface area contributed by atoms with Gasteiger partial charge in [-0.2, -0.15) is 10.2 Å². The second-order valence-corrected chi connectivity index (χ2v) is 7.94. The Labute approximate surface area is 164 Å². The van der Waals surface area contributed by atoms with E-state index < -0.39 is 6.10 Å². The molecule has 8 heteroatoms. The molecule has 7 nitrogen and oxygen atoms in total. The Morgan fingerprint density at radius 1 is 1.18 bits per heavy atom. The van der Waals surface area contributed by atoms with Crippen molar-refractivity contribution in [3.8, 4) is 22.5 Å². The van der Waals surface area contributed by atoms with Crippen LogP contribution in [0.3, 0.4) is 0 Å². The van der Waals surface area contributed by atoms with E-state index in [2.05, 4.69) is 27.3 Å². The highest BCUT2D eigenvalue weighted by molar-refractivity contribution is 7.18. The summed E-state index contributed by atoms with van der Waals surface area (Å²) in [5, 5.41) is 20.7. The average molecular weight is 390 g/mol. The predicted molar refractivity (Wildman–Crippen MR) is 110 cm³/mol. The third-order valence-electron chi connectivity index (χ3n) is 4.80. The van der Waals surface area contributed by atoms with Gasteiger partial charge in [0.1, 0.15) is 4.83 Å².